The highest BCUT2D eigenvalue weighted by Gasteiger charge is 2.08. The van der Waals surface area contributed by atoms with Crippen LogP contribution in [0.3, 0.4) is 0 Å². The van der Waals surface area contributed by atoms with Crippen LogP contribution in [0.5, 0.6) is 0 Å². The van der Waals surface area contributed by atoms with Crippen LogP contribution in [0.4, 0.5) is 0 Å². The lowest BCUT2D eigenvalue weighted by molar-refractivity contribution is 0.224. The van der Waals surface area contributed by atoms with E-state index in [2.05, 4.69) is 17.0 Å². The summed E-state index contributed by atoms with van der Waals surface area (Å²) in [5.41, 5.74) is 1.41. The fourth-order valence-corrected chi connectivity index (χ4v) is 2.80. The van der Waals surface area contributed by atoms with Crippen LogP contribution >= 0.6 is 24.0 Å². The first-order valence-corrected chi connectivity index (χ1v) is 7.69. The minimum atomic E-state index is 0. The van der Waals surface area contributed by atoms with E-state index in [4.69, 9.17) is 11.6 Å². The second-order valence-corrected chi connectivity index (χ2v) is 5.78. The molecule has 1 fully saturated rings. The Bertz CT molecular complexity index is 331. The maximum atomic E-state index is 5.88. The highest BCUT2D eigenvalue weighted by atomic mass is 35.5. The Kier molecular flexibility index (Phi) is 8.52. The van der Waals surface area contributed by atoms with Crippen molar-refractivity contribution in [1.29, 1.82) is 0 Å². The molecule has 0 aliphatic carbocycles. The Morgan fingerprint density at radius 2 is 1.58 bits per heavy atom. The smallest absolute Gasteiger partial charge is 0.0406 e. The minimum absolute atomic E-state index is 0. The summed E-state index contributed by atoms with van der Waals surface area (Å²) in [7, 11) is 0. The van der Waals surface area contributed by atoms with E-state index in [1.807, 2.05) is 12.1 Å². The Morgan fingerprint density at radius 3 is 2.26 bits per heavy atom. The number of halogens is 2. The van der Waals surface area contributed by atoms with Crippen LogP contribution in [-0.2, 0) is 6.42 Å². The monoisotopic (exact) mass is 301 g/mol. The first kappa shape index (κ1) is 16.8. The predicted octanol–water partition coefficient (Wildman–Crippen LogP) is 4.96. The van der Waals surface area contributed by atoms with Crippen molar-refractivity contribution in [3.05, 3.63) is 34.9 Å². The maximum absolute atomic E-state index is 5.88. The molecule has 0 spiro atoms. The van der Waals surface area contributed by atoms with Gasteiger partial charge in [0.1, 0.15) is 0 Å². The van der Waals surface area contributed by atoms with Gasteiger partial charge in [0, 0.05) is 5.02 Å². The fraction of sp³-hybridized carbons (Fsp3) is 0.625. The average molecular weight is 302 g/mol. The molecular weight excluding hydrogens is 277 g/mol. The molecule has 0 aromatic heterocycles. The summed E-state index contributed by atoms with van der Waals surface area (Å²) in [5.74, 6) is 0. The van der Waals surface area contributed by atoms with E-state index in [1.165, 1.54) is 70.1 Å². The Morgan fingerprint density at radius 1 is 0.895 bits per heavy atom. The third-order valence-corrected chi connectivity index (χ3v) is 4.05. The van der Waals surface area contributed by atoms with Crippen molar-refractivity contribution >= 4 is 24.0 Å². The SMILES string of the molecule is Cl.Clc1ccc(CCCCCN2CCCCC2)cc1. The molecule has 3 heteroatoms. The summed E-state index contributed by atoms with van der Waals surface area (Å²) in [4.78, 5) is 2.63. The van der Waals surface area contributed by atoms with E-state index in [0.717, 1.165) is 5.02 Å². The molecule has 1 aromatic rings. The first-order chi connectivity index (χ1) is 8.84. The van der Waals surface area contributed by atoms with Crippen molar-refractivity contribution in [3.8, 4) is 0 Å². The molecule has 0 radical (unpaired) electrons. The number of likely N-dealkylation sites (tertiary alicyclic amines) is 1. The number of unbranched alkanes of at least 4 members (excludes halogenated alkanes) is 2. The van der Waals surface area contributed by atoms with Crippen molar-refractivity contribution in [1.82, 2.24) is 4.90 Å². The third-order valence-electron chi connectivity index (χ3n) is 3.80. The molecule has 1 heterocycles. The molecule has 0 N–H and O–H groups in total. The molecule has 1 aliphatic heterocycles. The summed E-state index contributed by atoms with van der Waals surface area (Å²) in [5, 5.41) is 0.837. The Balaban J connectivity index is 0.00000180. The van der Waals surface area contributed by atoms with Crippen molar-refractivity contribution < 1.29 is 0 Å². The van der Waals surface area contributed by atoms with Crippen LogP contribution < -0.4 is 0 Å². The maximum Gasteiger partial charge on any atom is 0.0406 e. The number of benzene rings is 1. The zero-order valence-corrected chi connectivity index (χ0v) is 13.2. The molecule has 0 amide bonds. The lowest BCUT2D eigenvalue weighted by Gasteiger charge is -2.26. The number of hydrogen-bond acceptors (Lipinski definition) is 1. The number of rotatable bonds is 6. The topological polar surface area (TPSA) is 3.24 Å². The van der Waals surface area contributed by atoms with Crippen molar-refractivity contribution in [2.24, 2.45) is 0 Å². The van der Waals surface area contributed by atoms with Crippen LogP contribution in [0.2, 0.25) is 5.02 Å². The number of aryl methyl sites for hydroxylation is 1. The van der Waals surface area contributed by atoms with Gasteiger partial charge in [-0.25, -0.2) is 0 Å². The van der Waals surface area contributed by atoms with Gasteiger partial charge in [0.25, 0.3) is 0 Å². The zero-order chi connectivity index (χ0) is 12.6. The molecule has 1 saturated heterocycles. The molecule has 0 atom stereocenters. The lowest BCUT2D eigenvalue weighted by atomic mass is 10.1. The molecule has 1 nitrogen and oxygen atoms in total. The molecule has 0 bridgehead atoms. The molecule has 0 unspecified atom stereocenters. The molecule has 2 rings (SSSR count). The standard InChI is InChI=1S/C16H24ClN.ClH/c17-16-10-8-15(9-11-16)7-3-1-4-12-18-13-5-2-6-14-18;/h8-11H,1-7,12-14H2;1H. The lowest BCUT2D eigenvalue weighted by Crippen LogP contribution is -2.30. The van der Waals surface area contributed by atoms with E-state index in [1.54, 1.807) is 0 Å². The predicted molar refractivity (Wildman–Crippen MR) is 86.5 cm³/mol. The number of piperidine rings is 1. The van der Waals surface area contributed by atoms with Crippen molar-refractivity contribution in [3.63, 3.8) is 0 Å². The quantitative estimate of drug-likeness (QED) is 0.671. The van der Waals surface area contributed by atoms with Gasteiger partial charge >= 0.3 is 0 Å². The molecule has 108 valence electrons. The van der Waals surface area contributed by atoms with Gasteiger partial charge in [0.05, 0.1) is 0 Å². The minimum Gasteiger partial charge on any atom is -0.303 e. The summed E-state index contributed by atoms with van der Waals surface area (Å²) in [6, 6.07) is 8.27. The van der Waals surface area contributed by atoms with Gasteiger partial charge < -0.3 is 4.90 Å². The second-order valence-electron chi connectivity index (χ2n) is 5.34. The van der Waals surface area contributed by atoms with Crippen LogP contribution in [-0.4, -0.2) is 24.5 Å². The van der Waals surface area contributed by atoms with Crippen LogP contribution in [0.1, 0.15) is 44.1 Å². The van der Waals surface area contributed by atoms with Crippen LogP contribution in [0.25, 0.3) is 0 Å². The third kappa shape index (κ3) is 6.65. The van der Waals surface area contributed by atoms with Gasteiger partial charge in [-0.1, -0.05) is 36.6 Å². The van der Waals surface area contributed by atoms with E-state index >= 15 is 0 Å². The molecule has 1 aromatic carbocycles. The second kappa shape index (κ2) is 9.63. The largest absolute Gasteiger partial charge is 0.303 e. The summed E-state index contributed by atoms with van der Waals surface area (Å²) in [6.45, 7) is 3.97. The van der Waals surface area contributed by atoms with E-state index in [0.29, 0.717) is 0 Å². The van der Waals surface area contributed by atoms with Gasteiger partial charge in [-0.2, -0.15) is 0 Å². The molecule has 0 saturated carbocycles. The summed E-state index contributed by atoms with van der Waals surface area (Å²) < 4.78 is 0. The van der Waals surface area contributed by atoms with Crippen molar-refractivity contribution in [2.75, 3.05) is 19.6 Å². The van der Waals surface area contributed by atoms with E-state index in [-0.39, 0.29) is 12.4 Å². The molecule has 1 aliphatic rings. The van der Waals surface area contributed by atoms with Crippen LogP contribution in [0, 0.1) is 0 Å². The average Bonchev–Trinajstić information content (AvgIpc) is 2.42. The van der Waals surface area contributed by atoms with Gasteiger partial charge in [0.2, 0.25) is 0 Å². The highest BCUT2D eigenvalue weighted by Crippen LogP contribution is 2.13. The normalized spacial score (nSPS) is 16.1. The van der Waals surface area contributed by atoms with Crippen molar-refractivity contribution in [2.45, 2.75) is 44.9 Å². The molecule has 19 heavy (non-hydrogen) atoms. The number of hydrogen-bond donors (Lipinski definition) is 0. The van der Waals surface area contributed by atoms with E-state index in [9.17, 15) is 0 Å². The van der Waals surface area contributed by atoms with Gasteiger partial charge in [-0.05, 0) is 69.4 Å². The summed E-state index contributed by atoms with van der Waals surface area (Å²) in [6.07, 6.45) is 9.45. The van der Waals surface area contributed by atoms with Gasteiger partial charge in [-0.3, -0.25) is 0 Å². The Hall–Kier alpha value is -0.240. The fourth-order valence-electron chi connectivity index (χ4n) is 2.68. The summed E-state index contributed by atoms with van der Waals surface area (Å²) >= 11 is 5.88. The van der Waals surface area contributed by atoms with Gasteiger partial charge in [-0.15, -0.1) is 12.4 Å². The number of nitrogens with zero attached hydrogens (tertiary/aromatic N) is 1. The molecular formula is C16H25Cl2N. The van der Waals surface area contributed by atoms with Gasteiger partial charge in [0.15, 0.2) is 0 Å². The Labute approximate surface area is 128 Å². The van der Waals surface area contributed by atoms with E-state index < -0.39 is 0 Å². The zero-order valence-electron chi connectivity index (χ0n) is 11.6. The van der Waals surface area contributed by atoms with Crippen LogP contribution in [0.15, 0.2) is 24.3 Å². The first-order valence-electron chi connectivity index (χ1n) is 7.31. The highest BCUT2D eigenvalue weighted by molar-refractivity contribution is 6.30.